The van der Waals surface area contributed by atoms with Gasteiger partial charge in [0.25, 0.3) is 11.6 Å². The lowest BCUT2D eigenvalue weighted by molar-refractivity contribution is -0.384. The number of amides is 1. The van der Waals surface area contributed by atoms with Gasteiger partial charge in [-0.15, -0.1) is 0 Å². The Labute approximate surface area is 203 Å². The normalized spacial score (nSPS) is 12.9. The monoisotopic (exact) mass is 518 g/mol. The maximum Gasteiger partial charge on any atom is 0.324 e. The molecule has 2 aromatic carbocycles. The van der Waals surface area contributed by atoms with Crippen LogP contribution in [0, 0.1) is 27.4 Å². The van der Waals surface area contributed by atoms with Crippen molar-refractivity contribution in [2.24, 2.45) is 14.6 Å². The molecule has 1 aliphatic rings. The molecule has 0 saturated carbocycles. The molecule has 0 spiro atoms. The number of hydrogen-bond donors (Lipinski definition) is 2. The van der Waals surface area contributed by atoms with E-state index in [2.05, 4.69) is 18.8 Å². The Morgan fingerprint density at radius 3 is 2.66 bits per heavy atom. The number of sulfonamides is 1. The zero-order chi connectivity index (χ0) is 25.8. The maximum atomic E-state index is 12.9. The first-order valence-electron chi connectivity index (χ1n) is 9.92. The van der Waals surface area contributed by atoms with E-state index in [9.17, 15) is 28.1 Å². The van der Waals surface area contributed by atoms with Crippen molar-refractivity contribution in [3.63, 3.8) is 0 Å². The van der Waals surface area contributed by atoms with Crippen LogP contribution in [0.15, 0.2) is 50.0 Å². The van der Waals surface area contributed by atoms with Gasteiger partial charge in [-0.25, -0.2) is 8.42 Å². The zero-order valence-electron chi connectivity index (χ0n) is 18.3. The van der Waals surface area contributed by atoms with Crippen LogP contribution < -0.4 is 10.0 Å². The Hall–Kier alpha value is -4.00. The Morgan fingerprint density at radius 2 is 2.00 bits per heavy atom. The number of benzene rings is 2. The lowest BCUT2D eigenvalue weighted by atomic mass is 10.1. The number of nitrogens with one attached hydrogen (secondary N) is 2. The Morgan fingerprint density at radius 1 is 1.26 bits per heavy atom. The Bertz CT molecular complexity index is 1430. The van der Waals surface area contributed by atoms with Crippen LogP contribution in [0.4, 0.5) is 22.7 Å². The quantitative estimate of drug-likeness (QED) is 0.245. The molecule has 15 heteroatoms. The van der Waals surface area contributed by atoms with Gasteiger partial charge in [-0.1, -0.05) is 19.9 Å². The number of nitro benzene ring substituents is 1. The minimum absolute atomic E-state index is 0.00905. The SMILES string of the molecule is CC(C)[C@H](NS(=O)(=O)c1cccc2c1N=S=N2)C(=O)OCC(=O)Nc1ccc([N+](=O)[O-])cc1C#N. The topological polar surface area (TPSA) is 193 Å². The highest BCUT2D eigenvalue weighted by molar-refractivity contribution is 7.89. The number of rotatable bonds is 9. The fraction of sp³-hybridized carbons (Fsp3) is 0.250. The summed E-state index contributed by atoms with van der Waals surface area (Å²) in [5.41, 5.74) is 0.0580. The van der Waals surface area contributed by atoms with E-state index in [1.807, 2.05) is 0 Å². The summed E-state index contributed by atoms with van der Waals surface area (Å²) in [6.45, 7) is 2.41. The first-order chi connectivity index (χ1) is 16.5. The summed E-state index contributed by atoms with van der Waals surface area (Å²) in [4.78, 5) is 34.9. The molecule has 0 radical (unpaired) electrons. The van der Waals surface area contributed by atoms with Gasteiger partial charge in [0.2, 0.25) is 10.0 Å². The lowest BCUT2D eigenvalue weighted by Crippen LogP contribution is -2.45. The van der Waals surface area contributed by atoms with Crippen LogP contribution in [0.1, 0.15) is 19.4 Å². The molecule has 2 N–H and O–H groups in total. The number of carbonyl (C=O) groups excluding carboxylic acids is 2. The number of non-ortho nitro benzene ring substituents is 1. The van der Waals surface area contributed by atoms with Crippen LogP contribution in [-0.4, -0.2) is 37.9 Å². The molecule has 35 heavy (non-hydrogen) atoms. The van der Waals surface area contributed by atoms with Crippen molar-refractivity contribution >= 4 is 56.0 Å². The molecule has 0 aromatic heterocycles. The van der Waals surface area contributed by atoms with E-state index in [1.54, 1.807) is 26.0 Å². The van der Waals surface area contributed by atoms with Crippen molar-refractivity contribution in [1.29, 1.82) is 5.26 Å². The average molecular weight is 519 g/mol. The number of esters is 1. The third kappa shape index (κ3) is 5.93. The van der Waals surface area contributed by atoms with Crippen molar-refractivity contribution in [3.8, 4) is 6.07 Å². The molecule has 182 valence electrons. The Kier molecular flexibility index (Phi) is 7.69. The average Bonchev–Trinajstić information content (AvgIpc) is 3.30. The maximum absolute atomic E-state index is 12.9. The van der Waals surface area contributed by atoms with Gasteiger partial charge >= 0.3 is 5.97 Å². The van der Waals surface area contributed by atoms with E-state index in [0.29, 0.717) is 5.69 Å². The number of carbonyl (C=O) groups is 2. The fourth-order valence-electron chi connectivity index (χ4n) is 2.95. The first kappa shape index (κ1) is 25.6. The third-order valence-corrected chi connectivity index (χ3v) is 6.71. The van der Waals surface area contributed by atoms with E-state index >= 15 is 0 Å². The number of fused-ring (bicyclic) bond motifs is 1. The second-order valence-corrected chi connectivity index (χ2v) is 9.70. The number of nitro groups is 1. The molecule has 2 aromatic rings. The van der Waals surface area contributed by atoms with Gasteiger partial charge in [-0.3, -0.25) is 19.7 Å². The summed E-state index contributed by atoms with van der Waals surface area (Å²) < 4.78 is 41.2. The molecule has 1 atom stereocenters. The number of hydrogen-bond acceptors (Lipinski definition) is 10. The minimum atomic E-state index is -4.19. The predicted molar refractivity (Wildman–Crippen MR) is 124 cm³/mol. The van der Waals surface area contributed by atoms with E-state index < -0.39 is 45.4 Å². The molecule has 0 aliphatic carbocycles. The van der Waals surface area contributed by atoms with Gasteiger partial charge in [0.05, 0.1) is 27.5 Å². The summed E-state index contributed by atoms with van der Waals surface area (Å²) in [6.07, 6.45) is 0. The van der Waals surface area contributed by atoms with E-state index in [4.69, 9.17) is 10.00 Å². The van der Waals surface area contributed by atoms with Gasteiger partial charge < -0.3 is 10.1 Å². The first-order valence-corrected chi connectivity index (χ1v) is 12.1. The van der Waals surface area contributed by atoms with Crippen molar-refractivity contribution in [2.45, 2.75) is 24.8 Å². The lowest BCUT2D eigenvalue weighted by Gasteiger charge is -2.21. The number of nitriles is 1. The predicted octanol–water partition coefficient (Wildman–Crippen LogP) is 2.68. The standard InChI is InChI=1S/C20H18N6O7S2/c1-11(2)18(25-35(31,32)16-5-3-4-15-19(16)24-34-23-15)20(28)33-10-17(27)22-14-7-6-13(26(29)30)8-12(14)9-21/h3-8,11,18,25H,10H2,1-2H3,(H,22,27)/t18-/m0/s1. The molecular formula is C20H18N6O7S2. The highest BCUT2D eigenvalue weighted by Gasteiger charge is 2.32. The molecule has 0 saturated heterocycles. The minimum Gasteiger partial charge on any atom is -0.454 e. The highest BCUT2D eigenvalue weighted by atomic mass is 32.2. The van der Waals surface area contributed by atoms with Gasteiger partial charge in [0, 0.05) is 12.1 Å². The van der Waals surface area contributed by atoms with Crippen molar-refractivity contribution < 1.29 is 27.7 Å². The molecule has 0 bridgehead atoms. The molecule has 0 fully saturated rings. The van der Waals surface area contributed by atoms with Crippen LogP contribution >= 0.6 is 0 Å². The number of ether oxygens (including phenoxy) is 1. The molecule has 1 heterocycles. The summed E-state index contributed by atoms with van der Waals surface area (Å²) in [5, 5.41) is 22.3. The van der Waals surface area contributed by atoms with Crippen molar-refractivity contribution in [3.05, 3.63) is 52.1 Å². The van der Waals surface area contributed by atoms with Crippen LogP contribution in [0.2, 0.25) is 0 Å². The summed E-state index contributed by atoms with van der Waals surface area (Å²) >= 11 is 0.850. The highest BCUT2D eigenvalue weighted by Crippen LogP contribution is 2.37. The number of anilines is 1. The largest absolute Gasteiger partial charge is 0.454 e. The zero-order valence-corrected chi connectivity index (χ0v) is 19.9. The van der Waals surface area contributed by atoms with Gasteiger partial charge in [0.1, 0.15) is 28.4 Å². The van der Waals surface area contributed by atoms with Gasteiger partial charge in [-0.2, -0.15) is 18.7 Å². The van der Waals surface area contributed by atoms with Crippen LogP contribution in [0.25, 0.3) is 0 Å². The smallest absolute Gasteiger partial charge is 0.324 e. The molecule has 13 nitrogen and oxygen atoms in total. The van der Waals surface area contributed by atoms with E-state index in [0.717, 1.165) is 23.5 Å². The molecule has 1 amide bonds. The van der Waals surface area contributed by atoms with E-state index in [-0.39, 0.29) is 27.5 Å². The molecule has 1 aliphatic heterocycles. The molecular weight excluding hydrogens is 500 g/mol. The van der Waals surface area contributed by atoms with Crippen LogP contribution in [-0.2, 0) is 35.7 Å². The van der Waals surface area contributed by atoms with Crippen LogP contribution in [0.3, 0.4) is 0 Å². The summed E-state index contributed by atoms with van der Waals surface area (Å²) in [6, 6.07) is 8.12. The summed E-state index contributed by atoms with van der Waals surface area (Å²) in [7, 11) is -4.19. The van der Waals surface area contributed by atoms with Gasteiger partial charge in [0.15, 0.2) is 6.61 Å². The van der Waals surface area contributed by atoms with Gasteiger partial charge in [-0.05, 0) is 24.1 Å². The number of nitrogens with zero attached hydrogens (tertiary/aromatic N) is 4. The van der Waals surface area contributed by atoms with Crippen molar-refractivity contribution in [1.82, 2.24) is 4.72 Å². The molecule has 0 unspecified atom stereocenters. The summed E-state index contributed by atoms with van der Waals surface area (Å²) in [5.74, 6) is -2.35. The second-order valence-electron chi connectivity index (χ2n) is 7.49. The fourth-order valence-corrected chi connectivity index (χ4v) is 5.04. The van der Waals surface area contributed by atoms with Crippen molar-refractivity contribution in [2.75, 3.05) is 11.9 Å². The third-order valence-electron chi connectivity index (χ3n) is 4.70. The van der Waals surface area contributed by atoms with Crippen LogP contribution in [0.5, 0.6) is 0 Å². The second kappa shape index (κ2) is 10.5. The Balaban J connectivity index is 1.67. The molecule has 3 rings (SSSR count). The van der Waals surface area contributed by atoms with E-state index in [1.165, 1.54) is 18.2 Å².